The first-order valence-corrected chi connectivity index (χ1v) is 11.4. The lowest BCUT2D eigenvalue weighted by atomic mass is 10.00. The number of benzene rings is 2. The number of hydrogen-bond acceptors (Lipinski definition) is 6. The summed E-state index contributed by atoms with van der Waals surface area (Å²) in [5, 5.41) is 12.8. The van der Waals surface area contributed by atoms with Crippen molar-refractivity contribution < 1.29 is 4.74 Å². The molecule has 1 aliphatic heterocycles. The van der Waals surface area contributed by atoms with Crippen LogP contribution < -0.4 is 9.64 Å². The highest BCUT2D eigenvalue weighted by atomic mass is 16.5. The second-order valence-corrected chi connectivity index (χ2v) is 8.97. The van der Waals surface area contributed by atoms with Gasteiger partial charge in [-0.1, -0.05) is 38.1 Å². The van der Waals surface area contributed by atoms with Gasteiger partial charge >= 0.3 is 0 Å². The molecule has 7 heteroatoms. The molecule has 0 spiro atoms. The Balaban J connectivity index is 1.49. The summed E-state index contributed by atoms with van der Waals surface area (Å²) in [6.07, 6.45) is 0. The summed E-state index contributed by atoms with van der Waals surface area (Å²) in [6.45, 7) is 13.6. The number of ether oxygens (including phenoxy) is 1. The van der Waals surface area contributed by atoms with Gasteiger partial charge in [0.15, 0.2) is 5.82 Å². The molecule has 1 atom stereocenters. The van der Waals surface area contributed by atoms with Crippen LogP contribution in [0.3, 0.4) is 0 Å². The van der Waals surface area contributed by atoms with E-state index in [-0.39, 0.29) is 6.04 Å². The Kier molecular flexibility index (Phi) is 6.74. The van der Waals surface area contributed by atoms with E-state index >= 15 is 0 Å². The van der Waals surface area contributed by atoms with Crippen LogP contribution in [0.15, 0.2) is 42.5 Å². The normalized spacial score (nSPS) is 15.9. The molecule has 3 aromatic rings. The second kappa shape index (κ2) is 9.69. The molecular weight excluding hydrogens is 400 g/mol. The first-order valence-electron chi connectivity index (χ1n) is 11.4. The lowest BCUT2D eigenvalue weighted by Gasteiger charge is -2.41. The molecule has 0 N–H and O–H groups in total. The van der Waals surface area contributed by atoms with Crippen LogP contribution in [0.5, 0.6) is 5.75 Å². The van der Waals surface area contributed by atoms with Gasteiger partial charge in [-0.3, -0.25) is 4.90 Å². The van der Waals surface area contributed by atoms with Crippen molar-refractivity contribution in [1.29, 1.82) is 0 Å². The van der Waals surface area contributed by atoms with Crippen LogP contribution in [0.1, 0.15) is 42.4 Å². The van der Waals surface area contributed by atoms with E-state index < -0.39 is 0 Å². The fourth-order valence-electron chi connectivity index (χ4n) is 4.64. The van der Waals surface area contributed by atoms with Crippen molar-refractivity contribution in [2.75, 3.05) is 38.2 Å². The minimum Gasteiger partial charge on any atom is -0.497 e. The highest BCUT2D eigenvalue weighted by molar-refractivity contribution is 5.56. The molecule has 170 valence electrons. The van der Waals surface area contributed by atoms with Crippen LogP contribution >= 0.6 is 0 Å². The Labute approximate surface area is 191 Å². The Morgan fingerprint density at radius 2 is 1.69 bits per heavy atom. The van der Waals surface area contributed by atoms with Crippen molar-refractivity contribution in [3.8, 4) is 5.75 Å². The number of anilines is 1. The summed E-state index contributed by atoms with van der Waals surface area (Å²) in [5.74, 6) is 2.20. The molecule has 0 saturated carbocycles. The molecule has 0 unspecified atom stereocenters. The molecule has 1 saturated heterocycles. The topological polar surface area (TPSA) is 59.3 Å². The largest absolute Gasteiger partial charge is 0.497 e. The molecule has 1 aliphatic rings. The molecule has 4 rings (SSSR count). The number of aryl methyl sites for hydroxylation is 1. The van der Waals surface area contributed by atoms with Crippen LogP contribution in [0.2, 0.25) is 0 Å². The number of methoxy groups -OCH3 is 1. The molecule has 7 nitrogen and oxygen atoms in total. The van der Waals surface area contributed by atoms with Gasteiger partial charge in [-0.05, 0) is 65.1 Å². The molecule has 0 aliphatic carbocycles. The zero-order valence-corrected chi connectivity index (χ0v) is 19.8. The van der Waals surface area contributed by atoms with Gasteiger partial charge < -0.3 is 9.64 Å². The Morgan fingerprint density at radius 1 is 0.969 bits per heavy atom. The SMILES string of the molecule is COc1ccc(Cn2nnnc2[C@@H](C(C)C)N2CCN(c3cccc(C)c3C)CC2)cc1. The number of piperazine rings is 1. The molecule has 0 bridgehead atoms. The predicted molar refractivity (Wildman–Crippen MR) is 127 cm³/mol. The monoisotopic (exact) mass is 434 g/mol. The lowest BCUT2D eigenvalue weighted by molar-refractivity contribution is 0.135. The van der Waals surface area contributed by atoms with Crippen LogP contribution in [0.25, 0.3) is 0 Å². The van der Waals surface area contributed by atoms with E-state index in [0.29, 0.717) is 12.5 Å². The zero-order chi connectivity index (χ0) is 22.7. The third-order valence-corrected chi connectivity index (χ3v) is 6.57. The quantitative estimate of drug-likeness (QED) is 0.563. The number of rotatable bonds is 7. The molecule has 0 amide bonds. The third-order valence-electron chi connectivity index (χ3n) is 6.57. The first kappa shape index (κ1) is 22.3. The minimum absolute atomic E-state index is 0.184. The molecule has 2 heterocycles. The Morgan fingerprint density at radius 3 is 2.34 bits per heavy atom. The fraction of sp³-hybridized carbons (Fsp3) is 0.480. The van der Waals surface area contributed by atoms with Crippen molar-refractivity contribution in [2.24, 2.45) is 5.92 Å². The Hall–Kier alpha value is -2.93. The van der Waals surface area contributed by atoms with Gasteiger partial charge in [0, 0.05) is 31.9 Å². The van der Waals surface area contributed by atoms with E-state index in [9.17, 15) is 0 Å². The van der Waals surface area contributed by atoms with E-state index in [4.69, 9.17) is 4.74 Å². The minimum atomic E-state index is 0.184. The van der Waals surface area contributed by atoms with E-state index in [1.165, 1.54) is 16.8 Å². The number of tetrazole rings is 1. The lowest BCUT2D eigenvalue weighted by Crippen LogP contribution is -2.49. The van der Waals surface area contributed by atoms with Gasteiger partial charge in [-0.15, -0.1) is 5.10 Å². The van der Waals surface area contributed by atoms with Gasteiger partial charge in [-0.2, -0.15) is 0 Å². The van der Waals surface area contributed by atoms with E-state index in [1.54, 1.807) is 7.11 Å². The summed E-state index contributed by atoms with van der Waals surface area (Å²) in [5.41, 5.74) is 5.24. The first-order chi connectivity index (χ1) is 15.5. The van der Waals surface area contributed by atoms with Gasteiger partial charge in [0.1, 0.15) is 5.75 Å². The predicted octanol–water partition coefficient (Wildman–Crippen LogP) is 3.87. The molecule has 1 aromatic heterocycles. The third kappa shape index (κ3) is 4.63. The van der Waals surface area contributed by atoms with Crippen molar-refractivity contribution in [2.45, 2.75) is 40.3 Å². The maximum Gasteiger partial charge on any atom is 0.169 e. The van der Waals surface area contributed by atoms with Gasteiger partial charge in [0.25, 0.3) is 0 Å². The summed E-state index contributed by atoms with van der Waals surface area (Å²) in [4.78, 5) is 5.05. The molecule has 0 radical (unpaired) electrons. The average molecular weight is 435 g/mol. The van der Waals surface area contributed by atoms with E-state index in [1.807, 2.05) is 16.8 Å². The van der Waals surface area contributed by atoms with Crippen LogP contribution in [0.4, 0.5) is 5.69 Å². The number of aromatic nitrogens is 4. The molecular formula is C25H34N6O. The van der Waals surface area contributed by atoms with E-state index in [0.717, 1.165) is 43.3 Å². The van der Waals surface area contributed by atoms with Crippen molar-refractivity contribution in [3.05, 3.63) is 65.0 Å². The fourth-order valence-corrected chi connectivity index (χ4v) is 4.64. The van der Waals surface area contributed by atoms with Crippen LogP contribution in [-0.2, 0) is 6.54 Å². The average Bonchev–Trinajstić information content (AvgIpc) is 3.24. The highest BCUT2D eigenvalue weighted by Gasteiger charge is 2.31. The van der Waals surface area contributed by atoms with Crippen LogP contribution in [0, 0.1) is 19.8 Å². The van der Waals surface area contributed by atoms with Crippen molar-refractivity contribution >= 4 is 5.69 Å². The van der Waals surface area contributed by atoms with Gasteiger partial charge in [-0.25, -0.2) is 4.68 Å². The maximum atomic E-state index is 5.27. The van der Waals surface area contributed by atoms with Gasteiger partial charge in [0.05, 0.1) is 19.7 Å². The second-order valence-electron chi connectivity index (χ2n) is 8.97. The standard InChI is InChI=1S/C25H34N6O/c1-18(2)24(25-26-27-28-31(25)17-21-9-11-22(32-5)12-10-21)30-15-13-29(14-16-30)23-8-6-7-19(3)20(23)4/h6-12,18,24H,13-17H2,1-5H3/t24-/m1/s1. The van der Waals surface area contributed by atoms with Gasteiger partial charge in [0.2, 0.25) is 0 Å². The summed E-state index contributed by atoms with van der Waals surface area (Å²) in [6, 6.07) is 14.9. The zero-order valence-electron chi connectivity index (χ0n) is 19.8. The summed E-state index contributed by atoms with van der Waals surface area (Å²) >= 11 is 0. The Bertz CT molecular complexity index is 1020. The number of nitrogens with zero attached hydrogens (tertiary/aromatic N) is 6. The smallest absolute Gasteiger partial charge is 0.169 e. The van der Waals surface area contributed by atoms with E-state index in [2.05, 4.69) is 83.4 Å². The van der Waals surface area contributed by atoms with Crippen molar-refractivity contribution in [1.82, 2.24) is 25.1 Å². The van der Waals surface area contributed by atoms with Crippen molar-refractivity contribution in [3.63, 3.8) is 0 Å². The summed E-state index contributed by atoms with van der Waals surface area (Å²) in [7, 11) is 1.68. The summed E-state index contributed by atoms with van der Waals surface area (Å²) < 4.78 is 7.22. The number of hydrogen-bond donors (Lipinski definition) is 0. The molecule has 32 heavy (non-hydrogen) atoms. The van der Waals surface area contributed by atoms with Crippen LogP contribution in [-0.4, -0.2) is 58.4 Å². The molecule has 1 fully saturated rings. The highest BCUT2D eigenvalue weighted by Crippen LogP contribution is 2.30. The maximum absolute atomic E-state index is 5.27. The molecule has 2 aromatic carbocycles.